The van der Waals surface area contributed by atoms with Crippen LogP contribution in [0.1, 0.15) is 30.1 Å². The number of likely N-dealkylation sites (tertiary alicyclic amines) is 1. The van der Waals surface area contributed by atoms with Crippen LogP contribution < -0.4 is 5.32 Å². The van der Waals surface area contributed by atoms with Gasteiger partial charge in [-0.2, -0.15) is 0 Å². The SMILES string of the molecule is CNc1cncc([C@@H]2CCCN2C(=O)Cc2ccc3ccccc3c2)n1. The summed E-state index contributed by atoms with van der Waals surface area (Å²) in [6.07, 6.45) is 5.82. The first-order valence-electron chi connectivity index (χ1n) is 9.01. The molecule has 1 amide bonds. The van der Waals surface area contributed by atoms with Crippen LogP contribution >= 0.6 is 0 Å². The average Bonchev–Trinajstić information content (AvgIpc) is 3.18. The highest BCUT2D eigenvalue weighted by Crippen LogP contribution is 2.31. The maximum absolute atomic E-state index is 13.0. The van der Waals surface area contributed by atoms with E-state index in [2.05, 4.69) is 39.6 Å². The van der Waals surface area contributed by atoms with Gasteiger partial charge >= 0.3 is 0 Å². The van der Waals surface area contributed by atoms with E-state index in [4.69, 9.17) is 0 Å². The van der Waals surface area contributed by atoms with Crippen LogP contribution in [0.3, 0.4) is 0 Å². The molecule has 26 heavy (non-hydrogen) atoms. The molecule has 0 bridgehead atoms. The third-order valence-corrected chi connectivity index (χ3v) is 4.99. The largest absolute Gasteiger partial charge is 0.372 e. The predicted molar refractivity (Wildman–Crippen MR) is 103 cm³/mol. The van der Waals surface area contributed by atoms with Crippen molar-refractivity contribution in [1.82, 2.24) is 14.9 Å². The zero-order valence-corrected chi connectivity index (χ0v) is 14.9. The van der Waals surface area contributed by atoms with Gasteiger partial charge in [-0.3, -0.25) is 9.78 Å². The topological polar surface area (TPSA) is 58.1 Å². The molecule has 0 spiro atoms. The van der Waals surface area contributed by atoms with Crippen LogP contribution in [0.15, 0.2) is 54.9 Å². The molecule has 1 aliphatic rings. The summed E-state index contributed by atoms with van der Waals surface area (Å²) in [4.78, 5) is 23.7. The zero-order valence-electron chi connectivity index (χ0n) is 14.9. The number of fused-ring (bicyclic) bond motifs is 1. The van der Waals surface area contributed by atoms with Crippen molar-refractivity contribution < 1.29 is 4.79 Å². The minimum atomic E-state index is 0.0174. The molecule has 1 aliphatic heterocycles. The zero-order chi connectivity index (χ0) is 17.9. The fourth-order valence-corrected chi connectivity index (χ4v) is 3.66. The number of anilines is 1. The molecular formula is C21H22N4O. The van der Waals surface area contributed by atoms with E-state index >= 15 is 0 Å². The summed E-state index contributed by atoms with van der Waals surface area (Å²) in [7, 11) is 1.82. The van der Waals surface area contributed by atoms with Gasteiger partial charge in [0.25, 0.3) is 0 Å². The van der Waals surface area contributed by atoms with Gasteiger partial charge in [0.05, 0.1) is 30.6 Å². The highest BCUT2D eigenvalue weighted by molar-refractivity contribution is 5.85. The van der Waals surface area contributed by atoms with Gasteiger partial charge in [-0.15, -0.1) is 0 Å². The van der Waals surface area contributed by atoms with E-state index in [1.54, 1.807) is 12.4 Å². The molecular weight excluding hydrogens is 324 g/mol. The smallest absolute Gasteiger partial charge is 0.227 e. The number of carbonyl (C=O) groups excluding carboxylic acids is 1. The van der Waals surface area contributed by atoms with Crippen molar-refractivity contribution in [2.24, 2.45) is 0 Å². The van der Waals surface area contributed by atoms with Crippen LogP contribution in [0.5, 0.6) is 0 Å². The number of rotatable bonds is 4. The Morgan fingerprint density at radius 3 is 2.88 bits per heavy atom. The summed E-state index contributed by atoms with van der Waals surface area (Å²) >= 11 is 0. The normalized spacial score (nSPS) is 16.8. The molecule has 1 saturated heterocycles. The molecule has 5 heteroatoms. The number of benzene rings is 2. The fraction of sp³-hybridized carbons (Fsp3) is 0.286. The van der Waals surface area contributed by atoms with E-state index in [9.17, 15) is 4.79 Å². The monoisotopic (exact) mass is 346 g/mol. The minimum Gasteiger partial charge on any atom is -0.372 e. The Morgan fingerprint density at radius 1 is 1.19 bits per heavy atom. The summed E-state index contributed by atoms with van der Waals surface area (Å²) < 4.78 is 0. The lowest BCUT2D eigenvalue weighted by atomic mass is 10.0. The number of carbonyl (C=O) groups is 1. The number of aromatic nitrogens is 2. The van der Waals surface area contributed by atoms with Gasteiger partial charge in [-0.05, 0) is 29.2 Å². The highest BCUT2D eigenvalue weighted by Gasteiger charge is 2.31. The van der Waals surface area contributed by atoms with Crippen LogP contribution in [0.4, 0.5) is 5.82 Å². The fourth-order valence-electron chi connectivity index (χ4n) is 3.66. The molecule has 5 nitrogen and oxygen atoms in total. The van der Waals surface area contributed by atoms with Crippen molar-refractivity contribution in [1.29, 1.82) is 0 Å². The van der Waals surface area contributed by atoms with Crippen LogP contribution in [-0.2, 0) is 11.2 Å². The van der Waals surface area contributed by atoms with Gasteiger partial charge in [-0.25, -0.2) is 4.98 Å². The molecule has 2 heterocycles. The van der Waals surface area contributed by atoms with Gasteiger partial charge in [0.15, 0.2) is 0 Å². The maximum atomic E-state index is 13.0. The van der Waals surface area contributed by atoms with E-state index in [1.165, 1.54) is 10.8 Å². The first-order valence-corrected chi connectivity index (χ1v) is 9.01. The molecule has 1 atom stereocenters. The predicted octanol–water partition coefficient (Wildman–Crippen LogP) is 3.58. The van der Waals surface area contributed by atoms with E-state index in [-0.39, 0.29) is 11.9 Å². The average molecular weight is 346 g/mol. The number of amides is 1. The van der Waals surface area contributed by atoms with Crippen molar-refractivity contribution in [3.8, 4) is 0 Å². The number of nitrogens with zero attached hydrogens (tertiary/aromatic N) is 3. The van der Waals surface area contributed by atoms with Crippen LogP contribution in [0, 0.1) is 0 Å². The molecule has 132 valence electrons. The number of hydrogen-bond acceptors (Lipinski definition) is 4. The third kappa shape index (κ3) is 3.25. The summed E-state index contributed by atoms with van der Waals surface area (Å²) in [5.41, 5.74) is 1.91. The molecule has 1 N–H and O–H groups in total. The van der Waals surface area contributed by atoms with Crippen LogP contribution in [-0.4, -0.2) is 34.4 Å². The van der Waals surface area contributed by atoms with Gasteiger partial charge in [-0.1, -0.05) is 42.5 Å². The number of hydrogen-bond donors (Lipinski definition) is 1. The standard InChI is InChI=1S/C21H22N4O/c1-22-20-14-23-13-18(24-20)19-7-4-10-25(19)21(26)12-15-8-9-16-5-2-3-6-17(16)11-15/h2-3,5-6,8-9,11,13-14,19H,4,7,10,12H2,1H3,(H,22,24)/t19-/m0/s1. The Balaban J connectivity index is 1.54. The quantitative estimate of drug-likeness (QED) is 0.784. The second-order valence-corrected chi connectivity index (χ2v) is 6.68. The first kappa shape index (κ1) is 16.5. The van der Waals surface area contributed by atoms with Crippen molar-refractivity contribution in [3.05, 3.63) is 66.1 Å². The number of nitrogens with one attached hydrogen (secondary N) is 1. The molecule has 1 fully saturated rings. The van der Waals surface area contributed by atoms with Crippen LogP contribution in [0.2, 0.25) is 0 Å². The van der Waals surface area contributed by atoms with Crippen molar-refractivity contribution in [2.75, 3.05) is 18.9 Å². The van der Waals surface area contributed by atoms with Crippen molar-refractivity contribution >= 4 is 22.5 Å². The Labute approximate surface area is 153 Å². The molecule has 4 rings (SSSR count). The van der Waals surface area contributed by atoms with Gasteiger partial charge in [0.1, 0.15) is 5.82 Å². The lowest BCUT2D eigenvalue weighted by molar-refractivity contribution is -0.131. The maximum Gasteiger partial charge on any atom is 0.227 e. The lowest BCUT2D eigenvalue weighted by Crippen LogP contribution is -2.32. The molecule has 3 aromatic rings. The molecule has 0 saturated carbocycles. The van der Waals surface area contributed by atoms with Gasteiger partial charge in [0.2, 0.25) is 5.91 Å². The van der Waals surface area contributed by atoms with Gasteiger partial charge in [0, 0.05) is 13.6 Å². The Kier molecular flexibility index (Phi) is 4.52. The second kappa shape index (κ2) is 7.12. The summed E-state index contributed by atoms with van der Waals surface area (Å²) in [5.74, 6) is 0.885. The van der Waals surface area contributed by atoms with Gasteiger partial charge < -0.3 is 10.2 Å². The summed E-state index contributed by atoms with van der Waals surface area (Å²) in [5, 5.41) is 5.38. The molecule has 0 unspecified atom stereocenters. The first-order chi connectivity index (χ1) is 12.7. The van der Waals surface area contributed by atoms with Crippen molar-refractivity contribution in [2.45, 2.75) is 25.3 Å². The Bertz CT molecular complexity index is 940. The minimum absolute atomic E-state index is 0.0174. The van der Waals surface area contributed by atoms with Crippen LogP contribution in [0.25, 0.3) is 10.8 Å². The third-order valence-electron chi connectivity index (χ3n) is 4.99. The van der Waals surface area contributed by atoms with Crippen molar-refractivity contribution in [3.63, 3.8) is 0 Å². The summed E-state index contributed by atoms with van der Waals surface area (Å²) in [6, 6.07) is 14.5. The lowest BCUT2D eigenvalue weighted by Gasteiger charge is -2.24. The van der Waals surface area contributed by atoms with E-state index in [0.717, 1.165) is 36.5 Å². The second-order valence-electron chi connectivity index (χ2n) is 6.68. The van der Waals surface area contributed by atoms with E-state index in [1.807, 2.05) is 30.1 Å². The molecule has 0 aliphatic carbocycles. The highest BCUT2D eigenvalue weighted by atomic mass is 16.2. The molecule has 2 aromatic carbocycles. The van der Waals surface area contributed by atoms with E-state index in [0.29, 0.717) is 6.42 Å². The molecule has 1 aromatic heterocycles. The Hall–Kier alpha value is -2.95. The molecule has 0 radical (unpaired) electrons. The summed E-state index contributed by atoms with van der Waals surface area (Å²) in [6.45, 7) is 0.780. The Morgan fingerprint density at radius 2 is 2.04 bits per heavy atom. The van der Waals surface area contributed by atoms with E-state index < -0.39 is 0 Å².